The number of aromatic amines is 2. The van der Waals surface area contributed by atoms with Crippen molar-refractivity contribution in [3.05, 3.63) is 21.6 Å². The summed E-state index contributed by atoms with van der Waals surface area (Å²) < 4.78 is 0. The van der Waals surface area contributed by atoms with E-state index < -0.39 is 0 Å². The minimum atomic E-state index is 0.0144. The zero-order chi connectivity index (χ0) is 9.26. The standard InChI is InChI=1S/C9H15N3O/c1-6-8(11-12-9(6)13)7-3-2-4-10-5-7/h7,10H,2-5H2,1H3,(H2,11,12,13). The molecule has 0 aliphatic carbocycles. The van der Waals surface area contributed by atoms with E-state index in [0.717, 1.165) is 24.3 Å². The molecule has 0 spiro atoms. The second-order valence-electron chi connectivity index (χ2n) is 3.66. The van der Waals surface area contributed by atoms with Crippen molar-refractivity contribution in [1.29, 1.82) is 0 Å². The van der Waals surface area contributed by atoms with Crippen LogP contribution in [0.15, 0.2) is 4.79 Å². The van der Waals surface area contributed by atoms with Crippen molar-refractivity contribution in [2.24, 2.45) is 0 Å². The van der Waals surface area contributed by atoms with Crippen LogP contribution in [0, 0.1) is 6.92 Å². The maximum Gasteiger partial charge on any atom is 0.267 e. The Balaban J connectivity index is 2.23. The van der Waals surface area contributed by atoms with Gasteiger partial charge in [-0.2, -0.15) is 0 Å². The van der Waals surface area contributed by atoms with Gasteiger partial charge in [-0.3, -0.25) is 9.89 Å². The first-order chi connectivity index (χ1) is 6.29. The molecule has 72 valence electrons. The third-order valence-corrected chi connectivity index (χ3v) is 2.76. The maximum atomic E-state index is 11.2. The van der Waals surface area contributed by atoms with Gasteiger partial charge in [0, 0.05) is 23.7 Å². The van der Waals surface area contributed by atoms with Gasteiger partial charge in [-0.1, -0.05) is 0 Å². The molecule has 0 saturated carbocycles. The second kappa shape index (κ2) is 3.38. The van der Waals surface area contributed by atoms with E-state index in [2.05, 4.69) is 15.5 Å². The molecule has 1 aromatic heterocycles. The molecular weight excluding hydrogens is 166 g/mol. The summed E-state index contributed by atoms with van der Waals surface area (Å²) in [7, 11) is 0. The van der Waals surface area contributed by atoms with Gasteiger partial charge >= 0.3 is 0 Å². The number of hydrogen-bond donors (Lipinski definition) is 3. The summed E-state index contributed by atoms with van der Waals surface area (Å²) >= 11 is 0. The molecule has 1 saturated heterocycles. The van der Waals surface area contributed by atoms with E-state index in [9.17, 15) is 4.79 Å². The van der Waals surface area contributed by atoms with Gasteiger partial charge in [-0.15, -0.1) is 0 Å². The fraction of sp³-hybridized carbons (Fsp3) is 0.667. The summed E-state index contributed by atoms with van der Waals surface area (Å²) in [6.07, 6.45) is 2.36. The van der Waals surface area contributed by atoms with Crippen LogP contribution < -0.4 is 10.9 Å². The number of rotatable bonds is 1. The second-order valence-corrected chi connectivity index (χ2v) is 3.66. The Bertz CT molecular complexity index is 333. The van der Waals surface area contributed by atoms with Gasteiger partial charge in [0.05, 0.1) is 0 Å². The molecule has 0 amide bonds. The van der Waals surface area contributed by atoms with Gasteiger partial charge in [0.25, 0.3) is 5.56 Å². The highest BCUT2D eigenvalue weighted by Crippen LogP contribution is 2.21. The lowest BCUT2D eigenvalue weighted by Gasteiger charge is -2.21. The molecule has 1 fully saturated rings. The highest BCUT2D eigenvalue weighted by atomic mass is 16.1. The fourth-order valence-electron chi connectivity index (χ4n) is 1.94. The first kappa shape index (κ1) is 8.56. The van der Waals surface area contributed by atoms with Gasteiger partial charge in [0.15, 0.2) is 0 Å². The molecular formula is C9H15N3O. The average Bonchev–Trinajstić information content (AvgIpc) is 2.49. The molecule has 0 aromatic carbocycles. The first-order valence-electron chi connectivity index (χ1n) is 4.77. The van der Waals surface area contributed by atoms with Crippen LogP contribution in [-0.4, -0.2) is 23.3 Å². The molecule has 4 nitrogen and oxygen atoms in total. The molecule has 1 aliphatic heterocycles. The normalized spacial score (nSPS) is 23.3. The van der Waals surface area contributed by atoms with Crippen LogP contribution in [0.1, 0.15) is 30.0 Å². The van der Waals surface area contributed by atoms with E-state index in [-0.39, 0.29) is 5.56 Å². The van der Waals surface area contributed by atoms with Crippen LogP contribution in [0.4, 0.5) is 0 Å². The smallest absolute Gasteiger partial charge is 0.267 e. The van der Waals surface area contributed by atoms with Crippen molar-refractivity contribution in [1.82, 2.24) is 15.5 Å². The summed E-state index contributed by atoms with van der Waals surface area (Å²) in [5.74, 6) is 0.479. The molecule has 0 radical (unpaired) electrons. The van der Waals surface area contributed by atoms with Gasteiger partial charge < -0.3 is 10.4 Å². The van der Waals surface area contributed by atoms with Crippen molar-refractivity contribution >= 4 is 0 Å². The third kappa shape index (κ3) is 1.54. The third-order valence-electron chi connectivity index (χ3n) is 2.76. The number of H-pyrrole nitrogens is 2. The van der Waals surface area contributed by atoms with E-state index in [1.807, 2.05) is 6.92 Å². The Hall–Kier alpha value is -1.03. The van der Waals surface area contributed by atoms with Crippen LogP contribution in [0.2, 0.25) is 0 Å². The quantitative estimate of drug-likeness (QED) is 0.590. The molecule has 1 atom stereocenters. The van der Waals surface area contributed by atoms with Crippen molar-refractivity contribution < 1.29 is 0 Å². The van der Waals surface area contributed by atoms with Crippen LogP contribution >= 0.6 is 0 Å². The molecule has 1 aliphatic rings. The van der Waals surface area contributed by atoms with Crippen LogP contribution in [-0.2, 0) is 0 Å². The Morgan fingerprint density at radius 1 is 1.38 bits per heavy atom. The van der Waals surface area contributed by atoms with Crippen molar-refractivity contribution in [2.45, 2.75) is 25.7 Å². The van der Waals surface area contributed by atoms with Crippen LogP contribution in [0.5, 0.6) is 0 Å². The van der Waals surface area contributed by atoms with Gasteiger partial charge in [-0.05, 0) is 26.3 Å². The molecule has 2 rings (SSSR count). The summed E-state index contributed by atoms with van der Waals surface area (Å²) in [5, 5.41) is 8.93. The van der Waals surface area contributed by atoms with Crippen molar-refractivity contribution in [3.63, 3.8) is 0 Å². The fourth-order valence-corrected chi connectivity index (χ4v) is 1.94. The van der Waals surface area contributed by atoms with Crippen molar-refractivity contribution in [3.8, 4) is 0 Å². The Kier molecular flexibility index (Phi) is 2.22. The zero-order valence-electron chi connectivity index (χ0n) is 7.81. The number of nitrogens with one attached hydrogen (secondary N) is 3. The molecule has 2 heterocycles. The Morgan fingerprint density at radius 3 is 2.77 bits per heavy atom. The predicted molar refractivity (Wildman–Crippen MR) is 51.0 cm³/mol. The lowest BCUT2D eigenvalue weighted by molar-refractivity contribution is 0.453. The summed E-state index contributed by atoms with van der Waals surface area (Å²) in [5.41, 5.74) is 1.94. The average molecular weight is 181 g/mol. The lowest BCUT2D eigenvalue weighted by atomic mass is 9.94. The van der Waals surface area contributed by atoms with Crippen molar-refractivity contribution in [2.75, 3.05) is 13.1 Å². The molecule has 0 bridgehead atoms. The van der Waals surface area contributed by atoms with Gasteiger partial charge in [0.2, 0.25) is 0 Å². The zero-order valence-corrected chi connectivity index (χ0v) is 7.81. The van der Waals surface area contributed by atoms with E-state index >= 15 is 0 Å². The van der Waals surface area contributed by atoms with E-state index in [1.54, 1.807) is 0 Å². The highest BCUT2D eigenvalue weighted by molar-refractivity contribution is 5.19. The van der Waals surface area contributed by atoms with E-state index in [0.29, 0.717) is 5.92 Å². The molecule has 4 heteroatoms. The van der Waals surface area contributed by atoms with Crippen LogP contribution in [0.25, 0.3) is 0 Å². The Labute approximate surface area is 76.7 Å². The first-order valence-corrected chi connectivity index (χ1v) is 4.77. The summed E-state index contributed by atoms with van der Waals surface area (Å²) in [6, 6.07) is 0. The summed E-state index contributed by atoms with van der Waals surface area (Å²) in [6.45, 7) is 3.96. The topological polar surface area (TPSA) is 60.7 Å². The SMILES string of the molecule is Cc1c(C2CCCNC2)[nH][nH]c1=O. The number of aromatic nitrogens is 2. The lowest BCUT2D eigenvalue weighted by Crippen LogP contribution is -2.29. The van der Waals surface area contributed by atoms with E-state index in [4.69, 9.17) is 0 Å². The monoisotopic (exact) mass is 181 g/mol. The molecule has 1 aromatic rings. The molecule has 1 unspecified atom stereocenters. The highest BCUT2D eigenvalue weighted by Gasteiger charge is 2.19. The molecule has 3 N–H and O–H groups in total. The van der Waals surface area contributed by atoms with Gasteiger partial charge in [0.1, 0.15) is 0 Å². The minimum absolute atomic E-state index is 0.0144. The van der Waals surface area contributed by atoms with Crippen LogP contribution in [0.3, 0.4) is 0 Å². The maximum absolute atomic E-state index is 11.2. The molecule has 13 heavy (non-hydrogen) atoms. The van der Waals surface area contributed by atoms with E-state index in [1.165, 1.54) is 12.8 Å². The van der Waals surface area contributed by atoms with Gasteiger partial charge in [-0.25, -0.2) is 0 Å². The number of hydrogen-bond acceptors (Lipinski definition) is 2. The summed E-state index contributed by atoms with van der Waals surface area (Å²) in [4.78, 5) is 11.2. The minimum Gasteiger partial charge on any atom is -0.316 e. The largest absolute Gasteiger partial charge is 0.316 e. The predicted octanol–water partition coefficient (Wildman–Crippen LogP) is 0.478. The number of piperidine rings is 1. The Morgan fingerprint density at radius 2 is 2.23 bits per heavy atom.